The normalized spacial score (nSPS) is 12.6. The first-order valence-electron chi connectivity index (χ1n) is 6.66. The zero-order chi connectivity index (χ0) is 13.7. The number of benzene rings is 1. The molecule has 0 radical (unpaired) electrons. The van der Waals surface area contributed by atoms with Gasteiger partial charge in [-0.05, 0) is 42.9 Å². The highest BCUT2D eigenvalue weighted by molar-refractivity contribution is 5.78. The van der Waals surface area contributed by atoms with E-state index in [1.165, 1.54) is 5.56 Å². The Morgan fingerprint density at radius 1 is 1.33 bits per heavy atom. The zero-order valence-corrected chi connectivity index (χ0v) is 12.1. The van der Waals surface area contributed by atoms with Crippen LogP contribution in [0.2, 0.25) is 0 Å². The summed E-state index contributed by atoms with van der Waals surface area (Å²) in [7, 11) is 1.68. The number of hydrogen-bond donors (Lipinski definition) is 0. The summed E-state index contributed by atoms with van der Waals surface area (Å²) in [6.45, 7) is 8.08. The van der Waals surface area contributed by atoms with Crippen LogP contribution in [0.3, 0.4) is 0 Å². The molecule has 0 aromatic heterocycles. The average molecular weight is 248 g/mol. The van der Waals surface area contributed by atoms with Crippen molar-refractivity contribution in [3.8, 4) is 5.75 Å². The summed E-state index contributed by atoms with van der Waals surface area (Å²) in [5.41, 5.74) is 2.44. The number of Topliss-reactive ketones (excluding diaryl/α,β-unsaturated/α-hetero) is 1. The van der Waals surface area contributed by atoms with Crippen LogP contribution in [0.5, 0.6) is 5.75 Å². The van der Waals surface area contributed by atoms with E-state index in [2.05, 4.69) is 32.9 Å². The van der Waals surface area contributed by atoms with Gasteiger partial charge in [0.2, 0.25) is 0 Å². The lowest BCUT2D eigenvalue weighted by atomic mass is 9.91. The van der Waals surface area contributed by atoms with Crippen LogP contribution in [0.15, 0.2) is 18.2 Å². The van der Waals surface area contributed by atoms with Crippen molar-refractivity contribution >= 4 is 5.78 Å². The molecule has 1 rings (SSSR count). The van der Waals surface area contributed by atoms with E-state index >= 15 is 0 Å². The van der Waals surface area contributed by atoms with Gasteiger partial charge < -0.3 is 4.74 Å². The van der Waals surface area contributed by atoms with Gasteiger partial charge in [-0.25, -0.2) is 0 Å². The molecular formula is C16H24O2. The third-order valence-electron chi connectivity index (χ3n) is 3.51. The number of ketones is 1. The van der Waals surface area contributed by atoms with Gasteiger partial charge in [-0.1, -0.05) is 32.9 Å². The van der Waals surface area contributed by atoms with E-state index < -0.39 is 0 Å². The van der Waals surface area contributed by atoms with E-state index in [1.54, 1.807) is 14.0 Å². The van der Waals surface area contributed by atoms with Crippen molar-refractivity contribution in [3.63, 3.8) is 0 Å². The van der Waals surface area contributed by atoms with Crippen molar-refractivity contribution in [2.75, 3.05) is 7.11 Å². The maximum Gasteiger partial charge on any atom is 0.133 e. The maximum atomic E-state index is 11.6. The Morgan fingerprint density at radius 3 is 2.44 bits per heavy atom. The highest BCUT2D eigenvalue weighted by Crippen LogP contribution is 2.27. The Balaban J connectivity index is 3.04. The van der Waals surface area contributed by atoms with Crippen molar-refractivity contribution in [3.05, 3.63) is 29.3 Å². The Kier molecular flexibility index (Phi) is 5.39. The average Bonchev–Trinajstić information content (AvgIpc) is 2.35. The van der Waals surface area contributed by atoms with Gasteiger partial charge in [0.1, 0.15) is 11.5 Å². The molecule has 0 amide bonds. The molecule has 100 valence electrons. The summed E-state index contributed by atoms with van der Waals surface area (Å²) in [6, 6.07) is 6.29. The van der Waals surface area contributed by atoms with Crippen LogP contribution in [0.25, 0.3) is 0 Å². The Morgan fingerprint density at radius 2 is 2.00 bits per heavy atom. The van der Waals surface area contributed by atoms with Gasteiger partial charge in [0, 0.05) is 5.92 Å². The highest BCUT2D eigenvalue weighted by Gasteiger charge is 2.16. The van der Waals surface area contributed by atoms with Crippen LogP contribution in [0.4, 0.5) is 0 Å². The van der Waals surface area contributed by atoms with E-state index in [0.717, 1.165) is 24.2 Å². The van der Waals surface area contributed by atoms with E-state index in [-0.39, 0.29) is 11.7 Å². The molecule has 2 heteroatoms. The molecule has 1 aromatic carbocycles. The molecular weight excluding hydrogens is 224 g/mol. The SMILES string of the molecule is CCC(Cc1cc(C(C)C)ccc1OC)C(C)=O. The summed E-state index contributed by atoms with van der Waals surface area (Å²) < 4.78 is 5.39. The molecule has 0 spiro atoms. The van der Waals surface area contributed by atoms with Crippen LogP contribution < -0.4 is 4.74 Å². The Bertz CT molecular complexity index is 408. The maximum absolute atomic E-state index is 11.6. The van der Waals surface area contributed by atoms with Gasteiger partial charge in [-0.2, -0.15) is 0 Å². The fraction of sp³-hybridized carbons (Fsp3) is 0.562. The molecule has 0 fully saturated rings. The first-order valence-corrected chi connectivity index (χ1v) is 6.66. The number of ether oxygens (including phenoxy) is 1. The van der Waals surface area contributed by atoms with Gasteiger partial charge >= 0.3 is 0 Å². The molecule has 0 saturated heterocycles. The molecule has 0 N–H and O–H groups in total. The molecule has 2 nitrogen and oxygen atoms in total. The van der Waals surface area contributed by atoms with Crippen LogP contribution in [-0.4, -0.2) is 12.9 Å². The van der Waals surface area contributed by atoms with Crippen LogP contribution in [0, 0.1) is 5.92 Å². The minimum atomic E-state index is 0.0984. The summed E-state index contributed by atoms with van der Waals surface area (Å²) in [6.07, 6.45) is 1.65. The molecule has 1 unspecified atom stereocenters. The predicted octanol–water partition coefficient (Wildman–Crippen LogP) is 3.98. The monoisotopic (exact) mass is 248 g/mol. The van der Waals surface area contributed by atoms with Crippen molar-refractivity contribution < 1.29 is 9.53 Å². The second kappa shape index (κ2) is 6.58. The van der Waals surface area contributed by atoms with Crippen LogP contribution in [0.1, 0.15) is 51.2 Å². The number of carbonyl (C=O) groups is 1. The second-order valence-corrected chi connectivity index (χ2v) is 5.15. The Labute approximate surface area is 110 Å². The quantitative estimate of drug-likeness (QED) is 0.761. The standard InChI is InChI=1S/C16H24O2/c1-6-13(12(4)17)9-15-10-14(11(2)3)7-8-16(15)18-5/h7-8,10-11,13H,6,9H2,1-5H3. The zero-order valence-electron chi connectivity index (χ0n) is 12.1. The minimum Gasteiger partial charge on any atom is -0.496 e. The lowest BCUT2D eigenvalue weighted by molar-refractivity contribution is -0.120. The number of methoxy groups -OCH3 is 1. The summed E-state index contributed by atoms with van der Waals surface area (Å²) >= 11 is 0. The third kappa shape index (κ3) is 3.59. The predicted molar refractivity (Wildman–Crippen MR) is 75.2 cm³/mol. The van der Waals surface area contributed by atoms with Crippen molar-refractivity contribution in [1.82, 2.24) is 0 Å². The van der Waals surface area contributed by atoms with Crippen molar-refractivity contribution in [2.45, 2.75) is 46.5 Å². The molecule has 1 atom stereocenters. The minimum absolute atomic E-state index is 0.0984. The van der Waals surface area contributed by atoms with E-state index in [4.69, 9.17) is 4.74 Å². The lowest BCUT2D eigenvalue weighted by Gasteiger charge is -2.16. The highest BCUT2D eigenvalue weighted by atomic mass is 16.5. The second-order valence-electron chi connectivity index (χ2n) is 5.15. The number of rotatable bonds is 6. The summed E-state index contributed by atoms with van der Waals surface area (Å²) in [5, 5.41) is 0. The Hall–Kier alpha value is -1.31. The molecule has 0 aliphatic carbocycles. The van der Waals surface area contributed by atoms with Crippen molar-refractivity contribution in [1.29, 1.82) is 0 Å². The van der Waals surface area contributed by atoms with Gasteiger partial charge in [0.25, 0.3) is 0 Å². The number of carbonyl (C=O) groups excluding carboxylic acids is 1. The van der Waals surface area contributed by atoms with E-state index in [9.17, 15) is 4.79 Å². The molecule has 0 aliphatic rings. The van der Waals surface area contributed by atoms with Crippen molar-refractivity contribution in [2.24, 2.45) is 5.92 Å². The topological polar surface area (TPSA) is 26.3 Å². The molecule has 0 bridgehead atoms. The van der Waals surface area contributed by atoms with Gasteiger partial charge in [-0.3, -0.25) is 4.79 Å². The molecule has 1 aromatic rings. The lowest BCUT2D eigenvalue weighted by Crippen LogP contribution is -2.13. The van der Waals surface area contributed by atoms with Gasteiger partial charge in [-0.15, -0.1) is 0 Å². The van der Waals surface area contributed by atoms with Crippen LogP contribution in [-0.2, 0) is 11.2 Å². The summed E-state index contributed by atoms with van der Waals surface area (Å²) in [4.78, 5) is 11.6. The van der Waals surface area contributed by atoms with Gasteiger partial charge in [0.15, 0.2) is 0 Å². The fourth-order valence-electron chi connectivity index (χ4n) is 2.16. The molecule has 0 aliphatic heterocycles. The van der Waals surface area contributed by atoms with Crippen LogP contribution >= 0.6 is 0 Å². The molecule has 0 saturated carbocycles. The summed E-state index contributed by atoms with van der Waals surface area (Å²) in [5.74, 6) is 1.74. The molecule has 18 heavy (non-hydrogen) atoms. The van der Waals surface area contributed by atoms with E-state index in [1.807, 2.05) is 6.07 Å². The number of hydrogen-bond acceptors (Lipinski definition) is 2. The smallest absolute Gasteiger partial charge is 0.133 e. The largest absolute Gasteiger partial charge is 0.496 e. The van der Waals surface area contributed by atoms with E-state index in [0.29, 0.717) is 5.92 Å². The van der Waals surface area contributed by atoms with Gasteiger partial charge in [0.05, 0.1) is 7.11 Å². The first-order chi connectivity index (χ1) is 8.49. The molecule has 0 heterocycles. The third-order valence-corrected chi connectivity index (χ3v) is 3.51. The fourth-order valence-corrected chi connectivity index (χ4v) is 2.16. The first kappa shape index (κ1) is 14.7.